The number of morpholine rings is 1. The van der Waals surface area contributed by atoms with Crippen LogP contribution >= 0.6 is 0 Å². The molecule has 1 saturated heterocycles. The normalized spacial score (nSPS) is 20.8. The van der Waals surface area contributed by atoms with E-state index < -0.39 is 10.1 Å². The van der Waals surface area contributed by atoms with Gasteiger partial charge in [-0.3, -0.25) is 4.18 Å². The Bertz CT molecular complexity index is 454. The summed E-state index contributed by atoms with van der Waals surface area (Å²) in [6.45, 7) is 2.09. The Balaban J connectivity index is 1.83. The number of rotatable bonds is 5. The second-order valence-electron chi connectivity index (χ2n) is 4.17. The van der Waals surface area contributed by atoms with Crippen molar-refractivity contribution < 1.29 is 17.3 Å². The highest BCUT2D eigenvalue weighted by molar-refractivity contribution is 7.85. The smallest absolute Gasteiger partial charge is 0.271 e. The van der Waals surface area contributed by atoms with Gasteiger partial charge in [-0.2, -0.15) is 8.42 Å². The maximum atomic E-state index is 11.7. The Labute approximate surface area is 107 Å². The van der Waals surface area contributed by atoms with Gasteiger partial charge in [-0.1, -0.05) is 30.3 Å². The predicted octanol–water partition coefficient (Wildman–Crippen LogP) is 0.521. The number of nitrogens with one attached hydrogen (secondary N) is 1. The third-order valence-electron chi connectivity index (χ3n) is 2.62. The standard InChI is InChI=1S/C12H17NO4S/c14-18(15,10-11-4-2-1-3-5-11)17-9-12-8-13-6-7-16-12/h1-5,12-13H,6-10H2. The summed E-state index contributed by atoms with van der Waals surface area (Å²) in [5.74, 6) is -0.103. The van der Waals surface area contributed by atoms with Crippen molar-refractivity contribution >= 4 is 10.1 Å². The molecule has 6 heteroatoms. The van der Waals surface area contributed by atoms with E-state index in [1.807, 2.05) is 6.07 Å². The van der Waals surface area contributed by atoms with Gasteiger partial charge in [-0.15, -0.1) is 0 Å². The molecule has 0 amide bonds. The van der Waals surface area contributed by atoms with Crippen LogP contribution in [0.5, 0.6) is 0 Å². The molecule has 1 aromatic carbocycles. The molecular weight excluding hydrogens is 254 g/mol. The van der Waals surface area contributed by atoms with E-state index in [1.165, 1.54) is 0 Å². The lowest BCUT2D eigenvalue weighted by atomic mass is 10.2. The average molecular weight is 271 g/mol. The van der Waals surface area contributed by atoms with Crippen molar-refractivity contribution in [1.82, 2.24) is 5.32 Å². The zero-order valence-corrected chi connectivity index (χ0v) is 10.9. The molecule has 1 unspecified atom stereocenters. The predicted molar refractivity (Wildman–Crippen MR) is 67.6 cm³/mol. The quantitative estimate of drug-likeness (QED) is 0.791. The molecule has 1 atom stereocenters. The van der Waals surface area contributed by atoms with E-state index >= 15 is 0 Å². The summed E-state index contributed by atoms with van der Waals surface area (Å²) in [6.07, 6.45) is -0.190. The van der Waals surface area contributed by atoms with Crippen LogP contribution in [0.1, 0.15) is 5.56 Å². The molecule has 5 nitrogen and oxygen atoms in total. The molecule has 18 heavy (non-hydrogen) atoms. The van der Waals surface area contributed by atoms with Crippen LogP contribution in [0.2, 0.25) is 0 Å². The molecule has 0 aliphatic carbocycles. The third-order valence-corrected chi connectivity index (χ3v) is 3.81. The Hall–Kier alpha value is -0.950. The van der Waals surface area contributed by atoms with E-state index in [0.717, 1.165) is 12.1 Å². The van der Waals surface area contributed by atoms with Gasteiger partial charge in [-0.05, 0) is 5.56 Å². The summed E-state index contributed by atoms with van der Waals surface area (Å²) < 4.78 is 33.8. The van der Waals surface area contributed by atoms with Crippen molar-refractivity contribution in [2.24, 2.45) is 0 Å². The Kier molecular flexibility index (Phi) is 4.71. The van der Waals surface area contributed by atoms with Crippen LogP contribution in [0.25, 0.3) is 0 Å². The largest absolute Gasteiger partial charge is 0.373 e. The number of ether oxygens (including phenoxy) is 1. The monoisotopic (exact) mass is 271 g/mol. The Morgan fingerprint density at radius 2 is 2.11 bits per heavy atom. The number of benzene rings is 1. The Morgan fingerprint density at radius 3 is 2.78 bits per heavy atom. The van der Waals surface area contributed by atoms with Crippen molar-refractivity contribution in [2.45, 2.75) is 11.9 Å². The molecule has 1 aliphatic rings. The summed E-state index contributed by atoms with van der Waals surface area (Å²) in [7, 11) is -3.54. The topological polar surface area (TPSA) is 64.6 Å². The van der Waals surface area contributed by atoms with Crippen LogP contribution < -0.4 is 5.32 Å². The van der Waals surface area contributed by atoms with Gasteiger partial charge >= 0.3 is 0 Å². The highest BCUT2D eigenvalue weighted by atomic mass is 32.2. The van der Waals surface area contributed by atoms with Gasteiger partial charge in [0, 0.05) is 13.1 Å². The summed E-state index contributed by atoms with van der Waals surface area (Å²) in [6, 6.07) is 8.98. The molecule has 0 bridgehead atoms. The average Bonchev–Trinajstić information content (AvgIpc) is 2.38. The lowest BCUT2D eigenvalue weighted by molar-refractivity contribution is 0.00154. The molecule has 1 fully saturated rings. The highest BCUT2D eigenvalue weighted by Crippen LogP contribution is 2.08. The van der Waals surface area contributed by atoms with Gasteiger partial charge in [0.15, 0.2) is 0 Å². The first-order valence-electron chi connectivity index (χ1n) is 5.89. The van der Waals surface area contributed by atoms with Gasteiger partial charge in [0.05, 0.1) is 19.3 Å². The first kappa shape index (κ1) is 13.5. The van der Waals surface area contributed by atoms with E-state index in [1.54, 1.807) is 24.3 Å². The number of hydrogen-bond donors (Lipinski definition) is 1. The molecule has 0 aromatic heterocycles. The van der Waals surface area contributed by atoms with Crippen LogP contribution in [-0.4, -0.2) is 40.8 Å². The van der Waals surface area contributed by atoms with Gasteiger partial charge in [0.25, 0.3) is 10.1 Å². The molecule has 0 radical (unpaired) electrons. The van der Waals surface area contributed by atoms with Crippen molar-refractivity contribution in [2.75, 3.05) is 26.3 Å². The van der Waals surface area contributed by atoms with Crippen molar-refractivity contribution in [3.63, 3.8) is 0 Å². The molecule has 0 saturated carbocycles. The fourth-order valence-corrected chi connectivity index (χ4v) is 2.77. The minimum atomic E-state index is -3.54. The minimum absolute atomic E-state index is 0.0716. The zero-order chi connectivity index (χ0) is 12.8. The van der Waals surface area contributed by atoms with Gasteiger partial charge in [-0.25, -0.2) is 0 Å². The third kappa shape index (κ3) is 4.38. The SMILES string of the molecule is O=S(=O)(Cc1ccccc1)OCC1CNCCO1. The molecule has 1 aliphatic heterocycles. The summed E-state index contributed by atoms with van der Waals surface area (Å²) in [5.41, 5.74) is 0.722. The van der Waals surface area contributed by atoms with Gasteiger partial charge < -0.3 is 10.1 Å². The second-order valence-corrected chi connectivity index (χ2v) is 5.81. The minimum Gasteiger partial charge on any atom is -0.373 e. The van der Waals surface area contributed by atoms with Crippen LogP contribution in [-0.2, 0) is 24.8 Å². The summed E-state index contributed by atoms with van der Waals surface area (Å²) in [5, 5.41) is 3.12. The van der Waals surface area contributed by atoms with Crippen LogP contribution in [0.3, 0.4) is 0 Å². The maximum Gasteiger partial charge on any atom is 0.271 e. The summed E-state index contributed by atoms with van der Waals surface area (Å²) in [4.78, 5) is 0. The lowest BCUT2D eigenvalue weighted by Crippen LogP contribution is -2.41. The van der Waals surface area contributed by atoms with E-state index in [-0.39, 0.29) is 18.5 Å². The van der Waals surface area contributed by atoms with Crippen LogP contribution in [0.4, 0.5) is 0 Å². The molecule has 0 spiro atoms. The highest BCUT2D eigenvalue weighted by Gasteiger charge is 2.18. The van der Waals surface area contributed by atoms with E-state index in [4.69, 9.17) is 8.92 Å². The van der Waals surface area contributed by atoms with E-state index in [0.29, 0.717) is 13.2 Å². The van der Waals surface area contributed by atoms with E-state index in [2.05, 4.69) is 5.32 Å². The molecule has 100 valence electrons. The zero-order valence-electron chi connectivity index (χ0n) is 10.0. The first-order chi connectivity index (χ1) is 8.66. The van der Waals surface area contributed by atoms with Gasteiger partial charge in [0.2, 0.25) is 0 Å². The molecule has 2 rings (SSSR count). The Morgan fingerprint density at radius 1 is 1.33 bits per heavy atom. The van der Waals surface area contributed by atoms with Crippen LogP contribution in [0.15, 0.2) is 30.3 Å². The molecule has 1 aromatic rings. The molecule has 1 heterocycles. The van der Waals surface area contributed by atoms with Gasteiger partial charge in [0.1, 0.15) is 5.75 Å². The first-order valence-corrected chi connectivity index (χ1v) is 7.47. The second kappa shape index (κ2) is 6.29. The fourth-order valence-electron chi connectivity index (χ4n) is 1.73. The number of hydrogen-bond acceptors (Lipinski definition) is 5. The lowest BCUT2D eigenvalue weighted by Gasteiger charge is -2.23. The molecule has 1 N–H and O–H groups in total. The van der Waals surface area contributed by atoms with E-state index in [9.17, 15) is 8.42 Å². The van der Waals surface area contributed by atoms with Crippen molar-refractivity contribution in [3.8, 4) is 0 Å². The maximum absolute atomic E-state index is 11.7. The van der Waals surface area contributed by atoms with Crippen molar-refractivity contribution in [1.29, 1.82) is 0 Å². The molecular formula is C12H17NO4S. The van der Waals surface area contributed by atoms with Crippen molar-refractivity contribution in [3.05, 3.63) is 35.9 Å². The fraction of sp³-hybridized carbons (Fsp3) is 0.500. The summed E-state index contributed by atoms with van der Waals surface area (Å²) >= 11 is 0. The van der Waals surface area contributed by atoms with Crippen LogP contribution in [0, 0.1) is 0 Å².